The van der Waals surface area contributed by atoms with Gasteiger partial charge in [-0.3, -0.25) is 4.90 Å². The first kappa shape index (κ1) is 12.4. The van der Waals surface area contributed by atoms with Crippen molar-refractivity contribution < 1.29 is 4.74 Å². The average molecular weight is 233 g/mol. The Morgan fingerprint density at radius 2 is 2.06 bits per heavy atom. The molecule has 1 saturated heterocycles. The first-order valence-electron chi connectivity index (χ1n) is 6.13. The summed E-state index contributed by atoms with van der Waals surface area (Å²) in [6.45, 7) is 8.21. The van der Waals surface area contributed by atoms with E-state index in [9.17, 15) is 0 Å². The smallest absolute Gasteiger partial charge is 0.0952 e. The summed E-state index contributed by atoms with van der Waals surface area (Å²) in [5.74, 6) is 1.45. The molecule has 1 fully saturated rings. The molecule has 0 bridgehead atoms. The van der Waals surface area contributed by atoms with E-state index in [1.54, 1.807) is 0 Å². The predicted molar refractivity (Wildman–Crippen MR) is 70.6 cm³/mol. The van der Waals surface area contributed by atoms with Crippen molar-refractivity contribution in [3.05, 3.63) is 35.7 Å². The second kappa shape index (κ2) is 5.52. The summed E-state index contributed by atoms with van der Waals surface area (Å²) in [6, 6.07) is 8.00. The van der Waals surface area contributed by atoms with Gasteiger partial charge in [-0.25, -0.2) is 0 Å². The van der Waals surface area contributed by atoms with Crippen LogP contribution in [-0.2, 0) is 4.74 Å². The van der Waals surface area contributed by atoms with Crippen LogP contribution >= 0.6 is 0 Å². The van der Waals surface area contributed by atoms with E-state index in [0.717, 1.165) is 31.9 Å². The molecule has 2 rings (SSSR count). The molecular formula is C14H21N2O. The van der Waals surface area contributed by atoms with Crippen molar-refractivity contribution in [2.24, 2.45) is 0 Å². The molecule has 3 heteroatoms. The molecule has 0 spiro atoms. The number of hydrogen-bond donors (Lipinski definition) is 1. The number of morpholine rings is 1. The SMILES string of the molecule is C[C](C)CN1CCOC(c2ccc(N)cc2)C1. The van der Waals surface area contributed by atoms with Gasteiger partial charge in [0.05, 0.1) is 12.7 Å². The maximum atomic E-state index is 5.82. The minimum Gasteiger partial charge on any atom is -0.399 e. The van der Waals surface area contributed by atoms with Crippen LogP contribution < -0.4 is 5.73 Å². The third-order valence-electron chi connectivity index (χ3n) is 3.00. The van der Waals surface area contributed by atoms with Gasteiger partial charge < -0.3 is 10.5 Å². The Labute approximate surface area is 104 Å². The predicted octanol–water partition coefficient (Wildman–Crippen LogP) is 2.26. The minimum atomic E-state index is 0.184. The number of hydrogen-bond acceptors (Lipinski definition) is 3. The monoisotopic (exact) mass is 233 g/mol. The number of rotatable bonds is 3. The highest BCUT2D eigenvalue weighted by molar-refractivity contribution is 5.40. The van der Waals surface area contributed by atoms with Crippen molar-refractivity contribution in [2.75, 3.05) is 32.0 Å². The van der Waals surface area contributed by atoms with Crippen LogP contribution in [0, 0.1) is 5.92 Å². The van der Waals surface area contributed by atoms with Crippen LogP contribution in [0.1, 0.15) is 25.5 Å². The van der Waals surface area contributed by atoms with E-state index in [1.807, 2.05) is 12.1 Å². The van der Waals surface area contributed by atoms with Crippen LogP contribution in [0.5, 0.6) is 0 Å². The molecule has 1 atom stereocenters. The average Bonchev–Trinajstić information content (AvgIpc) is 2.29. The van der Waals surface area contributed by atoms with Crippen LogP contribution in [0.3, 0.4) is 0 Å². The fraction of sp³-hybridized carbons (Fsp3) is 0.500. The van der Waals surface area contributed by atoms with E-state index in [2.05, 4.69) is 30.9 Å². The molecule has 93 valence electrons. The molecule has 0 amide bonds. The molecule has 17 heavy (non-hydrogen) atoms. The molecule has 1 aliphatic heterocycles. The van der Waals surface area contributed by atoms with E-state index in [1.165, 1.54) is 11.5 Å². The van der Waals surface area contributed by atoms with Gasteiger partial charge in [0.25, 0.3) is 0 Å². The number of nitrogens with two attached hydrogens (primary N) is 1. The number of nitrogen functional groups attached to an aromatic ring is 1. The van der Waals surface area contributed by atoms with E-state index < -0.39 is 0 Å². The molecule has 1 aliphatic rings. The molecule has 0 saturated carbocycles. The van der Waals surface area contributed by atoms with E-state index >= 15 is 0 Å². The summed E-state index contributed by atoms with van der Waals surface area (Å²) in [7, 11) is 0. The Hall–Kier alpha value is -1.06. The normalized spacial score (nSPS) is 21.9. The standard InChI is InChI=1S/C14H21N2O/c1-11(2)9-16-7-8-17-14(10-16)12-3-5-13(15)6-4-12/h3-6,14H,7-10,15H2,1-2H3. The highest BCUT2D eigenvalue weighted by atomic mass is 16.5. The zero-order chi connectivity index (χ0) is 12.3. The van der Waals surface area contributed by atoms with Gasteiger partial charge in [-0.1, -0.05) is 26.0 Å². The van der Waals surface area contributed by atoms with Crippen molar-refractivity contribution in [1.29, 1.82) is 0 Å². The third-order valence-corrected chi connectivity index (χ3v) is 3.00. The summed E-state index contributed by atoms with van der Waals surface area (Å²) in [6.07, 6.45) is 0.184. The fourth-order valence-electron chi connectivity index (χ4n) is 2.21. The van der Waals surface area contributed by atoms with Crippen LogP contribution in [0.25, 0.3) is 0 Å². The number of anilines is 1. The maximum absolute atomic E-state index is 5.82. The molecule has 1 aromatic rings. The molecule has 0 aliphatic carbocycles. The van der Waals surface area contributed by atoms with Crippen LogP contribution in [0.2, 0.25) is 0 Å². The number of nitrogens with zero attached hydrogens (tertiary/aromatic N) is 1. The molecule has 1 unspecified atom stereocenters. The summed E-state index contributed by atoms with van der Waals surface area (Å²) < 4.78 is 5.82. The van der Waals surface area contributed by atoms with Crippen LogP contribution in [0.15, 0.2) is 24.3 Å². The molecule has 2 N–H and O–H groups in total. The van der Waals surface area contributed by atoms with E-state index in [-0.39, 0.29) is 6.10 Å². The van der Waals surface area contributed by atoms with E-state index in [0.29, 0.717) is 0 Å². The van der Waals surface area contributed by atoms with Gasteiger partial charge in [0.2, 0.25) is 0 Å². The lowest BCUT2D eigenvalue weighted by molar-refractivity contribution is -0.0283. The summed E-state index contributed by atoms with van der Waals surface area (Å²) in [4.78, 5) is 2.44. The Morgan fingerprint density at radius 1 is 1.35 bits per heavy atom. The lowest BCUT2D eigenvalue weighted by Gasteiger charge is -2.34. The Morgan fingerprint density at radius 3 is 2.71 bits per heavy atom. The molecule has 0 aromatic heterocycles. The van der Waals surface area contributed by atoms with Crippen molar-refractivity contribution in [2.45, 2.75) is 20.0 Å². The topological polar surface area (TPSA) is 38.5 Å². The minimum absolute atomic E-state index is 0.184. The van der Waals surface area contributed by atoms with Crippen LogP contribution in [0.4, 0.5) is 5.69 Å². The summed E-state index contributed by atoms with van der Waals surface area (Å²) in [5, 5.41) is 0. The zero-order valence-electron chi connectivity index (χ0n) is 10.6. The quantitative estimate of drug-likeness (QED) is 0.814. The summed E-state index contributed by atoms with van der Waals surface area (Å²) in [5.41, 5.74) is 7.72. The van der Waals surface area contributed by atoms with E-state index in [4.69, 9.17) is 10.5 Å². The highest BCUT2D eigenvalue weighted by Gasteiger charge is 2.22. The van der Waals surface area contributed by atoms with Crippen molar-refractivity contribution >= 4 is 5.69 Å². The molecule has 3 nitrogen and oxygen atoms in total. The highest BCUT2D eigenvalue weighted by Crippen LogP contribution is 2.23. The maximum Gasteiger partial charge on any atom is 0.0952 e. The van der Waals surface area contributed by atoms with Crippen LogP contribution in [-0.4, -0.2) is 31.1 Å². The second-order valence-electron chi connectivity index (χ2n) is 4.97. The number of benzene rings is 1. The van der Waals surface area contributed by atoms with Gasteiger partial charge in [0.1, 0.15) is 0 Å². The van der Waals surface area contributed by atoms with Crippen molar-refractivity contribution in [3.63, 3.8) is 0 Å². The first-order chi connectivity index (χ1) is 8.15. The van der Waals surface area contributed by atoms with Crippen molar-refractivity contribution in [3.8, 4) is 0 Å². The Balaban J connectivity index is 1.99. The van der Waals surface area contributed by atoms with Gasteiger partial charge in [-0.05, 0) is 23.6 Å². The van der Waals surface area contributed by atoms with Gasteiger partial charge in [0.15, 0.2) is 0 Å². The van der Waals surface area contributed by atoms with Gasteiger partial charge in [-0.2, -0.15) is 0 Å². The van der Waals surface area contributed by atoms with Crippen molar-refractivity contribution in [1.82, 2.24) is 4.90 Å². The zero-order valence-corrected chi connectivity index (χ0v) is 10.6. The van der Waals surface area contributed by atoms with Gasteiger partial charge >= 0.3 is 0 Å². The lowest BCUT2D eigenvalue weighted by Crippen LogP contribution is -2.39. The second-order valence-corrected chi connectivity index (χ2v) is 4.97. The molecule has 1 radical (unpaired) electrons. The summed E-state index contributed by atoms with van der Waals surface area (Å²) >= 11 is 0. The van der Waals surface area contributed by atoms with Gasteiger partial charge in [-0.15, -0.1) is 0 Å². The molecule has 1 aromatic carbocycles. The Bertz CT molecular complexity index is 348. The van der Waals surface area contributed by atoms with Gasteiger partial charge in [0, 0.05) is 25.3 Å². The molecular weight excluding hydrogens is 212 g/mol. The lowest BCUT2D eigenvalue weighted by atomic mass is 10.1. The largest absolute Gasteiger partial charge is 0.399 e. The first-order valence-corrected chi connectivity index (χ1v) is 6.13. The molecule has 1 heterocycles. The Kier molecular flexibility index (Phi) is 4.02. The number of ether oxygens (including phenoxy) is 1. The fourth-order valence-corrected chi connectivity index (χ4v) is 2.21. The third kappa shape index (κ3) is 3.45.